The van der Waals surface area contributed by atoms with Gasteiger partial charge in [-0.15, -0.1) is 0 Å². The zero-order chi connectivity index (χ0) is 17.3. The van der Waals surface area contributed by atoms with Crippen molar-refractivity contribution in [3.63, 3.8) is 0 Å². The lowest BCUT2D eigenvalue weighted by Crippen LogP contribution is -2.07. The summed E-state index contributed by atoms with van der Waals surface area (Å²) in [6, 6.07) is 10.5. The number of hydrogen-bond donors (Lipinski definition) is 1. The first-order valence-electron chi connectivity index (χ1n) is 7.92. The molecule has 0 aliphatic rings. The van der Waals surface area contributed by atoms with Crippen LogP contribution in [0.3, 0.4) is 0 Å². The number of hydrogen-bond acceptors (Lipinski definition) is 4. The molecule has 1 N–H and O–H groups in total. The Hall–Kier alpha value is -2.75. The summed E-state index contributed by atoms with van der Waals surface area (Å²) in [4.78, 5) is 12.9. The molecule has 3 rings (SSSR count). The fourth-order valence-electron chi connectivity index (χ4n) is 2.91. The van der Waals surface area contributed by atoms with E-state index in [4.69, 9.17) is 9.15 Å². The third-order valence-corrected chi connectivity index (χ3v) is 4.03. The largest absolute Gasteiger partial charge is 0.508 e. The Bertz CT molecular complexity index is 938. The first kappa shape index (κ1) is 16.1. The molecule has 0 aliphatic heterocycles. The van der Waals surface area contributed by atoms with Gasteiger partial charge in [0.1, 0.15) is 23.3 Å². The minimum Gasteiger partial charge on any atom is -0.508 e. The maximum absolute atomic E-state index is 12.9. The van der Waals surface area contributed by atoms with Crippen molar-refractivity contribution in [1.82, 2.24) is 0 Å². The molecule has 0 saturated heterocycles. The summed E-state index contributed by atoms with van der Waals surface area (Å²) in [6.07, 6.45) is 2.09. The van der Waals surface area contributed by atoms with Crippen LogP contribution in [0.4, 0.5) is 0 Å². The van der Waals surface area contributed by atoms with E-state index in [1.807, 2.05) is 18.2 Å². The van der Waals surface area contributed by atoms with E-state index in [9.17, 15) is 9.90 Å². The summed E-state index contributed by atoms with van der Waals surface area (Å²) in [5.74, 6) is 1.11. The van der Waals surface area contributed by atoms with Crippen LogP contribution >= 0.6 is 0 Å². The quantitative estimate of drug-likeness (QED) is 0.774. The van der Waals surface area contributed by atoms with Gasteiger partial charge in [-0.2, -0.15) is 0 Å². The molecule has 0 bridgehead atoms. The average molecular weight is 324 g/mol. The van der Waals surface area contributed by atoms with Crippen molar-refractivity contribution in [2.45, 2.75) is 20.3 Å². The Kier molecular flexibility index (Phi) is 4.30. The monoisotopic (exact) mass is 324 g/mol. The zero-order valence-electron chi connectivity index (χ0n) is 14.0. The number of rotatable bonds is 4. The van der Waals surface area contributed by atoms with E-state index in [1.165, 1.54) is 6.26 Å². The normalized spacial score (nSPS) is 11.2. The molecule has 4 nitrogen and oxygen atoms in total. The van der Waals surface area contributed by atoms with Gasteiger partial charge in [-0.05, 0) is 30.5 Å². The van der Waals surface area contributed by atoms with Crippen LogP contribution in [0.25, 0.3) is 22.1 Å². The van der Waals surface area contributed by atoms with Gasteiger partial charge in [0.25, 0.3) is 0 Å². The van der Waals surface area contributed by atoms with Gasteiger partial charge >= 0.3 is 0 Å². The summed E-state index contributed by atoms with van der Waals surface area (Å²) in [6.45, 7) is 4.11. The van der Waals surface area contributed by atoms with E-state index in [-0.39, 0.29) is 11.2 Å². The van der Waals surface area contributed by atoms with Gasteiger partial charge < -0.3 is 14.3 Å². The molecule has 1 aromatic heterocycles. The number of fused-ring (bicyclic) bond motifs is 1. The van der Waals surface area contributed by atoms with Crippen molar-refractivity contribution >= 4 is 11.0 Å². The van der Waals surface area contributed by atoms with E-state index in [1.54, 1.807) is 25.3 Å². The standard InChI is InChI=1S/C20H20O4/c1-12(2)10-15-17(21)9-8-14-19(22)16(11-24-20(14)15)13-6-4-5-7-18(13)23-3/h4-9,11-12,21H,10H2,1-3H3. The van der Waals surface area contributed by atoms with Crippen LogP contribution in [0.5, 0.6) is 11.5 Å². The van der Waals surface area contributed by atoms with Crippen LogP contribution < -0.4 is 10.2 Å². The van der Waals surface area contributed by atoms with Crippen molar-refractivity contribution in [3.05, 3.63) is 58.4 Å². The topological polar surface area (TPSA) is 59.7 Å². The van der Waals surface area contributed by atoms with Crippen LogP contribution in [0.1, 0.15) is 19.4 Å². The predicted molar refractivity (Wildman–Crippen MR) is 94.7 cm³/mol. The number of para-hydroxylation sites is 1. The Labute approximate surface area is 140 Å². The molecular weight excluding hydrogens is 304 g/mol. The molecule has 124 valence electrons. The molecule has 0 atom stereocenters. The molecule has 2 aromatic carbocycles. The molecule has 0 aliphatic carbocycles. The van der Waals surface area contributed by atoms with E-state index in [0.29, 0.717) is 45.7 Å². The third-order valence-electron chi connectivity index (χ3n) is 4.03. The van der Waals surface area contributed by atoms with Crippen LogP contribution in [0.15, 0.2) is 51.9 Å². The van der Waals surface area contributed by atoms with Crippen molar-refractivity contribution in [3.8, 4) is 22.6 Å². The Morgan fingerprint density at radius 1 is 1.12 bits per heavy atom. The first-order valence-corrected chi connectivity index (χ1v) is 7.92. The third kappa shape index (κ3) is 2.75. The molecule has 24 heavy (non-hydrogen) atoms. The van der Waals surface area contributed by atoms with Crippen molar-refractivity contribution in [2.24, 2.45) is 5.92 Å². The second kappa shape index (κ2) is 6.40. The number of aromatic hydroxyl groups is 1. The molecule has 0 amide bonds. The van der Waals surface area contributed by atoms with E-state index >= 15 is 0 Å². The highest BCUT2D eigenvalue weighted by Gasteiger charge is 2.17. The summed E-state index contributed by atoms with van der Waals surface area (Å²) < 4.78 is 11.1. The maximum atomic E-state index is 12.9. The molecule has 0 spiro atoms. The Morgan fingerprint density at radius 2 is 1.88 bits per heavy atom. The molecule has 1 heterocycles. The first-order chi connectivity index (χ1) is 11.5. The number of methoxy groups -OCH3 is 1. The summed E-state index contributed by atoms with van der Waals surface area (Å²) >= 11 is 0. The number of phenolic OH excluding ortho intramolecular Hbond substituents is 1. The van der Waals surface area contributed by atoms with Crippen LogP contribution in [-0.4, -0.2) is 12.2 Å². The molecular formula is C20H20O4. The maximum Gasteiger partial charge on any atom is 0.200 e. The van der Waals surface area contributed by atoms with Crippen molar-refractivity contribution < 1.29 is 14.3 Å². The van der Waals surface area contributed by atoms with Gasteiger partial charge in [-0.1, -0.05) is 32.0 Å². The minimum absolute atomic E-state index is 0.134. The number of ether oxygens (including phenoxy) is 1. The molecule has 3 aromatic rings. The van der Waals surface area contributed by atoms with E-state index in [2.05, 4.69) is 13.8 Å². The van der Waals surface area contributed by atoms with Crippen molar-refractivity contribution in [2.75, 3.05) is 7.11 Å². The number of phenols is 1. The lowest BCUT2D eigenvalue weighted by Gasteiger charge is -2.12. The van der Waals surface area contributed by atoms with Crippen LogP contribution in [0.2, 0.25) is 0 Å². The second-order valence-corrected chi connectivity index (χ2v) is 6.22. The van der Waals surface area contributed by atoms with Crippen LogP contribution in [-0.2, 0) is 6.42 Å². The fourth-order valence-corrected chi connectivity index (χ4v) is 2.91. The lowest BCUT2D eigenvalue weighted by molar-refractivity contribution is 0.416. The second-order valence-electron chi connectivity index (χ2n) is 6.22. The Morgan fingerprint density at radius 3 is 2.58 bits per heavy atom. The molecule has 4 heteroatoms. The van der Waals surface area contributed by atoms with Gasteiger partial charge in [0.15, 0.2) is 0 Å². The Balaban J connectivity index is 2.26. The smallest absolute Gasteiger partial charge is 0.200 e. The molecule has 0 radical (unpaired) electrons. The fraction of sp³-hybridized carbons (Fsp3) is 0.250. The van der Waals surface area contributed by atoms with E-state index in [0.717, 1.165) is 0 Å². The van der Waals surface area contributed by atoms with Gasteiger partial charge in [0.05, 0.1) is 18.1 Å². The minimum atomic E-state index is -0.134. The number of benzene rings is 2. The average Bonchev–Trinajstić information content (AvgIpc) is 2.57. The molecule has 0 fully saturated rings. The SMILES string of the molecule is COc1ccccc1-c1coc2c(CC(C)C)c(O)ccc2c1=O. The lowest BCUT2D eigenvalue weighted by atomic mass is 9.98. The summed E-state index contributed by atoms with van der Waals surface area (Å²) in [5, 5.41) is 10.6. The zero-order valence-corrected chi connectivity index (χ0v) is 14.0. The highest BCUT2D eigenvalue weighted by atomic mass is 16.5. The highest BCUT2D eigenvalue weighted by molar-refractivity contribution is 5.86. The summed E-state index contributed by atoms with van der Waals surface area (Å²) in [7, 11) is 1.57. The predicted octanol–water partition coefficient (Wildman–Crippen LogP) is 4.37. The van der Waals surface area contributed by atoms with Gasteiger partial charge in [0, 0.05) is 11.1 Å². The molecule has 0 unspecified atom stereocenters. The van der Waals surface area contributed by atoms with E-state index < -0.39 is 0 Å². The summed E-state index contributed by atoms with van der Waals surface area (Å²) in [5.41, 5.74) is 2.12. The van der Waals surface area contributed by atoms with Gasteiger partial charge in [-0.3, -0.25) is 4.79 Å². The molecule has 0 saturated carbocycles. The van der Waals surface area contributed by atoms with Crippen LogP contribution in [0, 0.1) is 5.92 Å². The highest BCUT2D eigenvalue weighted by Crippen LogP contribution is 2.32. The van der Waals surface area contributed by atoms with Gasteiger partial charge in [0.2, 0.25) is 5.43 Å². The van der Waals surface area contributed by atoms with Gasteiger partial charge in [-0.25, -0.2) is 0 Å². The van der Waals surface area contributed by atoms with Crippen molar-refractivity contribution in [1.29, 1.82) is 0 Å².